The highest BCUT2D eigenvalue weighted by Gasteiger charge is 2.41. The number of carboxylic acids is 1. The van der Waals surface area contributed by atoms with Crippen LogP contribution in [0.25, 0.3) is 0 Å². The normalized spacial score (nSPS) is 25.1. The Balaban J connectivity index is 1.90. The van der Waals surface area contributed by atoms with Gasteiger partial charge in [-0.3, -0.25) is 4.79 Å². The molecule has 0 heterocycles. The molecule has 0 bridgehead atoms. The Hall–Kier alpha value is -2.04. The fourth-order valence-electron chi connectivity index (χ4n) is 2.73. The molecule has 0 aromatic heterocycles. The van der Waals surface area contributed by atoms with Gasteiger partial charge >= 0.3 is 12.0 Å². The first-order valence-electron chi connectivity index (χ1n) is 7.35. The minimum atomic E-state index is -0.819. The molecule has 1 aliphatic carbocycles. The summed E-state index contributed by atoms with van der Waals surface area (Å²) in [7, 11) is 0. The molecule has 5 nitrogen and oxygen atoms in total. The van der Waals surface area contributed by atoms with E-state index >= 15 is 0 Å². The summed E-state index contributed by atoms with van der Waals surface area (Å²) in [5, 5.41) is 14.9. The summed E-state index contributed by atoms with van der Waals surface area (Å²) in [4.78, 5) is 23.5. The van der Waals surface area contributed by atoms with Gasteiger partial charge in [0.2, 0.25) is 0 Å². The standard InChI is InChI=1S/C16H22N2O3/c1-12-7-9-16(10-8-12,14(19)20)11-17-15(21)18-13-5-3-2-4-6-13/h2-6,12H,7-11H2,1H3,(H,19,20)(H2,17,18,21). The Morgan fingerprint density at radius 3 is 2.43 bits per heavy atom. The van der Waals surface area contributed by atoms with Crippen LogP contribution in [0.3, 0.4) is 0 Å². The Labute approximate surface area is 124 Å². The molecular formula is C16H22N2O3. The zero-order valence-corrected chi connectivity index (χ0v) is 12.3. The molecule has 114 valence electrons. The van der Waals surface area contributed by atoms with E-state index in [1.54, 1.807) is 12.1 Å². The van der Waals surface area contributed by atoms with Crippen molar-refractivity contribution in [2.24, 2.45) is 11.3 Å². The number of anilines is 1. The molecule has 0 atom stereocenters. The van der Waals surface area contributed by atoms with E-state index < -0.39 is 11.4 Å². The summed E-state index contributed by atoms with van der Waals surface area (Å²) in [5.41, 5.74) is -0.128. The van der Waals surface area contributed by atoms with Crippen molar-refractivity contribution in [2.45, 2.75) is 32.6 Å². The molecule has 1 aromatic carbocycles. The molecule has 3 N–H and O–H groups in total. The molecule has 1 saturated carbocycles. The number of para-hydroxylation sites is 1. The van der Waals surface area contributed by atoms with Crippen molar-refractivity contribution in [3.63, 3.8) is 0 Å². The number of benzene rings is 1. The van der Waals surface area contributed by atoms with Crippen LogP contribution < -0.4 is 10.6 Å². The first kappa shape index (κ1) is 15.4. The zero-order valence-electron chi connectivity index (χ0n) is 12.3. The molecule has 0 unspecified atom stereocenters. The van der Waals surface area contributed by atoms with Crippen LogP contribution in [0.5, 0.6) is 0 Å². The lowest BCUT2D eigenvalue weighted by Gasteiger charge is -2.35. The van der Waals surface area contributed by atoms with Crippen LogP contribution in [0, 0.1) is 11.3 Å². The third-order valence-electron chi connectivity index (χ3n) is 4.30. The predicted octanol–water partition coefficient (Wildman–Crippen LogP) is 3.09. The summed E-state index contributed by atoms with van der Waals surface area (Å²) in [6.07, 6.45) is 3.03. The second kappa shape index (κ2) is 6.61. The molecular weight excluding hydrogens is 268 g/mol. The monoisotopic (exact) mass is 290 g/mol. The van der Waals surface area contributed by atoms with Gasteiger partial charge in [-0.25, -0.2) is 4.79 Å². The van der Waals surface area contributed by atoms with E-state index in [1.807, 2.05) is 18.2 Å². The molecule has 0 aliphatic heterocycles. The van der Waals surface area contributed by atoms with Gasteiger partial charge in [-0.05, 0) is 43.7 Å². The minimum absolute atomic E-state index is 0.174. The molecule has 2 rings (SSSR count). The van der Waals surface area contributed by atoms with Gasteiger partial charge in [-0.1, -0.05) is 25.1 Å². The molecule has 2 amide bonds. The summed E-state index contributed by atoms with van der Waals surface area (Å²) >= 11 is 0. The number of hydrogen-bond donors (Lipinski definition) is 3. The molecule has 21 heavy (non-hydrogen) atoms. The van der Waals surface area contributed by atoms with Crippen LogP contribution in [-0.2, 0) is 4.79 Å². The van der Waals surface area contributed by atoms with E-state index in [0.29, 0.717) is 24.4 Å². The summed E-state index contributed by atoms with van der Waals surface area (Å²) in [6.45, 7) is 2.31. The molecule has 0 radical (unpaired) electrons. The lowest BCUT2D eigenvalue weighted by atomic mass is 9.71. The first-order valence-corrected chi connectivity index (χ1v) is 7.35. The van der Waals surface area contributed by atoms with Crippen molar-refractivity contribution in [3.8, 4) is 0 Å². The largest absolute Gasteiger partial charge is 0.481 e. The summed E-state index contributed by atoms with van der Waals surface area (Å²) in [6, 6.07) is 8.74. The van der Waals surface area contributed by atoms with Gasteiger partial charge in [0.05, 0.1) is 5.41 Å². The summed E-state index contributed by atoms with van der Waals surface area (Å²) < 4.78 is 0. The Morgan fingerprint density at radius 1 is 1.24 bits per heavy atom. The summed E-state index contributed by atoms with van der Waals surface area (Å²) in [5.74, 6) is -0.245. The van der Waals surface area contributed by atoms with Crippen molar-refractivity contribution in [3.05, 3.63) is 30.3 Å². The van der Waals surface area contributed by atoms with Crippen LogP contribution in [-0.4, -0.2) is 23.7 Å². The number of nitrogens with one attached hydrogen (secondary N) is 2. The van der Waals surface area contributed by atoms with Crippen LogP contribution >= 0.6 is 0 Å². The molecule has 1 fully saturated rings. The number of amides is 2. The van der Waals surface area contributed by atoms with Gasteiger partial charge in [-0.2, -0.15) is 0 Å². The second-order valence-electron chi connectivity index (χ2n) is 5.94. The number of aliphatic carboxylic acids is 1. The number of carboxylic acid groups (broad SMARTS) is 1. The van der Waals surface area contributed by atoms with Crippen LogP contribution in [0.4, 0.5) is 10.5 Å². The van der Waals surface area contributed by atoms with E-state index in [-0.39, 0.29) is 12.6 Å². The number of carbonyl (C=O) groups is 2. The van der Waals surface area contributed by atoms with Gasteiger partial charge in [0, 0.05) is 12.2 Å². The van der Waals surface area contributed by atoms with Crippen molar-refractivity contribution in [2.75, 3.05) is 11.9 Å². The lowest BCUT2D eigenvalue weighted by molar-refractivity contribution is -0.151. The number of urea groups is 1. The highest BCUT2D eigenvalue weighted by molar-refractivity contribution is 5.89. The van der Waals surface area contributed by atoms with Crippen molar-refractivity contribution < 1.29 is 14.7 Å². The molecule has 1 aromatic rings. The van der Waals surface area contributed by atoms with E-state index in [1.165, 1.54) is 0 Å². The van der Waals surface area contributed by atoms with Crippen molar-refractivity contribution in [1.29, 1.82) is 0 Å². The molecule has 1 aliphatic rings. The maximum atomic E-state index is 11.9. The zero-order chi connectivity index (χ0) is 15.3. The third kappa shape index (κ3) is 3.97. The highest BCUT2D eigenvalue weighted by atomic mass is 16.4. The van der Waals surface area contributed by atoms with E-state index in [0.717, 1.165) is 12.8 Å². The quantitative estimate of drug-likeness (QED) is 0.797. The number of hydrogen-bond acceptors (Lipinski definition) is 2. The maximum Gasteiger partial charge on any atom is 0.319 e. The number of rotatable bonds is 4. The van der Waals surface area contributed by atoms with Crippen molar-refractivity contribution in [1.82, 2.24) is 5.32 Å². The van der Waals surface area contributed by atoms with Gasteiger partial charge in [0.15, 0.2) is 0 Å². The fourth-order valence-corrected chi connectivity index (χ4v) is 2.73. The molecule has 0 spiro atoms. The molecule has 5 heteroatoms. The van der Waals surface area contributed by atoms with Crippen LogP contribution in [0.1, 0.15) is 32.6 Å². The van der Waals surface area contributed by atoms with Crippen molar-refractivity contribution >= 4 is 17.7 Å². The maximum absolute atomic E-state index is 11.9. The average Bonchev–Trinajstić information content (AvgIpc) is 2.48. The Kier molecular flexibility index (Phi) is 4.83. The third-order valence-corrected chi connectivity index (χ3v) is 4.30. The van der Waals surface area contributed by atoms with Gasteiger partial charge in [0.25, 0.3) is 0 Å². The SMILES string of the molecule is CC1CCC(CNC(=O)Nc2ccccc2)(C(=O)O)CC1. The smallest absolute Gasteiger partial charge is 0.319 e. The van der Waals surface area contributed by atoms with Crippen LogP contribution in [0.15, 0.2) is 30.3 Å². The average molecular weight is 290 g/mol. The number of carbonyl (C=O) groups excluding carboxylic acids is 1. The van der Waals surface area contributed by atoms with Gasteiger partial charge in [0.1, 0.15) is 0 Å². The fraction of sp³-hybridized carbons (Fsp3) is 0.500. The Morgan fingerprint density at radius 2 is 1.86 bits per heavy atom. The second-order valence-corrected chi connectivity index (χ2v) is 5.94. The van der Waals surface area contributed by atoms with E-state index in [2.05, 4.69) is 17.6 Å². The molecule has 0 saturated heterocycles. The Bertz CT molecular complexity index is 494. The minimum Gasteiger partial charge on any atom is -0.481 e. The van der Waals surface area contributed by atoms with E-state index in [4.69, 9.17) is 0 Å². The highest BCUT2D eigenvalue weighted by Crippen LogP contribution is 2.38. The predicted molar refractivity (Wildman–Crippen MR) is 81.2 cm³/mol. The van der Waals surface area contributed by atoms with E-state index in [9.17, 15) is 14.7 Å². The van der Waals surface area contributed by atoms with Gasteiger partial charge in [-0.15, -0.1) is 0 Å². The first-order chi connectivity index (χ1) is 10.0. The van der Waals surface area contributed by atoms with Gasteiger partial charge < -0.3 is 15.7 Å². The topological polar surface area (TPSA) is 78.4 Å². The lowest BCUT2D eigenvalue weighted by Crippen LogP contribution is -2.46. The van der Waals surface area contributed by atoms with Crippen LogP contribution in [0.2, 0.25) is 0 Å².